The normalized spacial score (nSPS) is 12.5. The molecule has 51 heavy (non-hydrogen) atoms. The van der Waals surface area contributed by atoms with E-state index < -0.39 is 11.9 Å². The summed E-state index contributed by atoms with van der Waals surface area (Å²) >= 11 is 2.95. The van der Waals surface area contributed by atoms with Gasteiger partial charge in [0.25, 0.3) is 0 Å². The first-order valence-electron chi connectivity index (χ1n) is 15.4. The zero-order valence-corrected chi connectivity index (χ0v) is 30.8. The van der Waals surface area contributed by atoms with E-state index in [4.69, 9.17) is 9.47 Å². The third-order valence-corrected chi connectivity index (χ3v) is 10.3. The molecule has 2 aliphatic heterocycles. The van der Waals surface area contributed by atoms with Gasteiger partial charge in [-0.05, 0) is 84.6 Å². The molecular weight excluding hydrogens is 705 g/mol. The van der Waals surface area contributed by atoms with Gasteiger partial charge in [0.05, 0.1) is 14.2 Å². The number of ether oxygens (including phenoxy) is 2. The number of Topliss-reactive ketones (excluding diaryl/α,β-unsaturated/α-hetero) is 2. The van der Waals surface area contributed by atoms with Gasteiger partial charge in [0.2, 0.25) is 0 Å². The van der Waals surface area contributed by atoms with Crippen molar-refractivity contribution in [1.82, 2.24) is 0 Å². The number of aliphatic carboxylic acids is 2. The SMILES string of the molecule is COc1ccc2c(c1)CSc1cc(C(=O)CCC(=O)[O-])ccc1C2=O.COc1ccc2c(c1)CSc1cc(C(=O)CCC(=O)[O-])ccc1C2=O.[Mg+2]. The number of ketones is 4. The third-order valence-electron chi connectivity index (χ3n) is 8.09. The molecule has 0 spiro atoms. The maximum absolute atomic E-state index is 12.8. The molecule has 256 valence electrons. The summed E-state index contributed by atoms with van der Waals surface area (Å²) in [6.07, 6.45) is -0.852. The summed E-state index contributed by atoms with van der Waals surface area (Å²) in [4.78, 5) is 72.3. The largest absolute Gasteiger partial charge is 2.00 e. The van der Waals surface area contributed by atoms with Gasteiger partial charge in [-0.25, -0.2) is 0 Å². The van der Waals surface area contributed by atoms with Crippen LogP contribution >= 0.6 is 23.5 Å². The van der Waals surface area contributed by atoms with E-state index in [9.17, 15) is 39.0 Å². The van der Waals surface area contributed by atoms with Crippen LogP contribution in [0.25, 0.3) is 0 Å². The van der Waals surface area contributed by atoms with Crippen molar-refractivity contribution in [1.29, 1.82) is 0 Å². The number of carboxylic acids is 2. The van der Waals surface area contributed by atoms with Crippen LogP contribution in [0.4, 0.5) is 0 Å². The number of thioether (sulfide) groups is 2. The quantitative estimate of drug-likeness (QED) is 0.169. The smallest absolute Gasteiger partial charge is 0.550 e. The van der Waals surface area contributed by atoms with Crippen LogP contribution in [0, 0.1) is 0 Å². The van der Waals surface area contributed by atoms with E-state index >= 15 is 0 Å². The minimum absolute atomic E-state index is 0. The van der Waals surface area contributed by atoms with Gasteiger partial charge in [-0.1, -0.05) is 12.1 Å². The van der Waals surface area contributed by atoms with Crippen LogP contribution in [-0.4, -0.2) is 72.3 Å². The number of carboxylic acid groups (broad SMARTS) is 2. The molecule has 4 aromatic rings. The van der Waals surface area contributed by atoms with Crippen LogP contribution in [0.3, 0.4) is 0 Å². The average Bonchev–Trinajstić information content (AvgIpc) is 3.35. The molecular formula is C38H30MgO10S2. The summed E-state index contributed by atoms with van der Waals surface area (Å²) in [5.41, 5.74) is 4.93. The third kappa shape index (κ3) is 9.47. The molecule has 0 atom stereocenters. The molecule has 0 amide bonds. The summed E-state index contributed by atoms with van der Waals surface area (Å²) in [5, 5.41) is 21.0. The number of carbonyl (C=O) groups is 6. The van der Waals surface area contributed by atoms with E-state index in [0.717, 1.165) is 20.9 Å². The molecule has 0 saturated heterocycles. The molecule has 0 radical (unpaired) electrons. The summed E-state index contributed by atoms with van der Waals surface area (Å²) in [6.45, 7) is 0. The minimum atomic E-state index is -1.25. The Balaban J connectivity index is 0.000000224. The Kier molecular flexibility index (Phi) is 13.6. The zero-order valence-electron chi connectivity index (χ0n) is 27.8. The fourth-order valence-electron chi connectivity index (χ4n) is 5.40. The maximum atomic E-state index is 12.8. The molecule has 10 nitrogen and oxygen atoms in total. The Hall–Kier alpha value is -4.43. The molecule has 2 heterocycles. The Labute approximate surface area is 318 Å². The number of carbonyl (C=O) groups excluding carboxylic acids is 6. The van der Waals surface area contributed by atoms with E-state index in [0.29, 0.717) is 56.4 Å². The first-order chi connectivity index (χ1) is 24.0. The van der Waals surface area contributed by atoms with Crippen molar-refractivity contribution in [3.05, 3.63) is 117 Å². The summed E-state index contributed by atoms with van der Waals surface area (Å²) in [7, 11) is 3.15. The summed E-state index contributed by atoms with van der Waals surface area (Å²) in [5.74, 6) is -0.685. The minimum Gasteiger partial charge on any atom is -0.550 e. The number of hydrogen-bond acceptors (Lipinski definition) is 12. The maximum Gasteiger partial charge on any atom is 2.00 e. The molecule has 0 aliphatic carbocycles. The number of benzene rings is 4. The number of hydrogen-bond donors (Lipinski definition) is 0. The Morgan fingerprint density at radius 1 is 0.569 bits per heavy atom. The molecule has 0 N–H and O–H groups in total. The predicted molar refractivity (Wildman–Crippen MR) is 188 cm³/mol. The number of methoxy groups -OCH3 is 2. The standard InChI is InChI=1S/2C19H16O5S.Mg/c2*1-24-13-3-5-14-12(8-13)10-25-17-9-11(2-4-15(17)19(14)23)16(20)6-7-18(21)22;/h2*2-5,8-9H,6-7,10H2,1H3,(H,21,22);/q;;+2/p-2. The van der Waals surface area contributed by atoms with Crippen LogP contribution in [0.5, 0.6) is 11.5 Å². The second-order valence-electron chi connectivity index (χ2n) is 11.3. The van der Waals surface area contributed by atoms with Crippen molar-refractivity contribution in [3.8, 4) is 11.5 Å². The van der Waals surface area contributed by atoms with Crippen LogP contribution in [0.1, 0.15) is 89.4 Å². The summed E-state index contributed by atoms with van der Waals surface area (Å²) in [6, 6.07) is 20.5. The molecule has 6 rings (SSSR count). The average molecular weight is 735 g/mol. The van der Waals surface area contributed by atoms with Gasteiger partial charge in [0, 0.05) is 79.5 Å². The fourth-order valence-corrected chi connectivity index (χ4v) is 7.56. The molecule has 13 heteroatoms. The second-order valence-corrected chi connectivity index (χ2v) is 13.3. The number of fused-ring (bicyclic) bond motifs is 4. The summed E-state index contributed by atoms with van der Waals surface area (Å²) < 4.78 is 10.4. The Morgan fingerprint density at radius 2 is 0.941 bits per heavy atom. The zero-order chi connectivity index (χ0) is 35.9. The van der Waals surface area contributed by atoms with Gasteiger partial charge in [-0.3, -0.25) is 19.2 Å². The molecule has 0 bridgehead atoms. The fraction of sp³-hybridized carbons (Fsp3) is 0.211. The first kappa shape index (κ1) is 39.4. The van der Waals surface area contributed by atoms with E-state index in [2.05, 4.69) is 0 Å². The van der Waals surface area contributed by atoms with Gasteiger partial charge in [0.15, 0.2) is 23.1 Å². The van der Waals surface area contributed by atoms with Crippen molar-refractivity contribution < 1.29 is 48.5 Å². The van der Waals surface area contributed by atoms with Gasteiger partial charge < -0.3 is 29.3 Å². The monoisotopic (exact) mass is 734 g/mol. The van der Waals surface area contributed by atoms with Crippen molar-refractivity contribution in [2.75, 3.05) is 14.2 Å². The molecule has 4 aromatic carbocycles. The number of rotatable bonds is 10. The van der Waals surface area contributed by atoms with Gasteiger partial charge in [-0.2, -0.15) is 0 Å². The van der Waals surface area contributed by atoms with Crippen molar-refractivity contribution in [2.24, 2.45) is 0 Å². The Morgan fingerprint density at radius 3 is 1.29 bits per heavy atom. The molecule has 0 unspecified atom stereocenters. The van der Waals surface area contributed by atoms with E-state index in [-0.39, 0.29) is 71.9 Å². The van der Waals surface area contributed by atoms with Crippen LogP contribution in [0.15, 0.2) is 82.6 Å². The van der Waals surface area contributed by atoms with E-state index in [1.165, 1.54) is 23.5 Å². The van der Waals surface area contributed by atoms with Crippen molar-refractivity contribution in [3.63, 3.8) is 0 Å². The van der Waals surface area contributed by atoms with Crippen molar-refractivity contribution in [2.45, 2.75) is 47.0 Å². The van der Waals surface area contributed by atoms with E-state index in [1.807, 2.05) is 12.1 Å². The van der Waals surface area contributed by atoms with Gasteiger partial charge >= 0.3 is 23.1 Å². The van der Waals surface area contributed by atoms with E-state index in [1.54, 1.807) is 74.9 Å². The molecule has 0 fully saturated rings. The van der Waals surface area contributed by atoms with Gasteiger partial charge in [0.1, 0.15) is 11.5 Å². The van der Waals surface area contributed by atoms with Crippen molar-refractivity contribution >= 4 is 81.6 Å². The second kappa shape index (κ2) is 17.7. The van der Waals surface area contributed by atoms with Gasteiger partial charge in [-0.15, -0.1) is 23.5 Å². The molecule has 0 saturated carbocycles. The molecule has 0 aromatic heterocycles. The predicted octanol–water partition coefficient (Wildman–Crippen LogP) is 4.11. The Bertz CT molecular complexity index is 1900. The van der Waals surface area contributed by atoms with Crippen LogP contribution in [0.2, 0.25) is 0 Å². The van der Waals surface area contributed by atoms with Crippen LogP contribution < -0.4 is 19.7 Å². The molecule has 2 aliphatic rings. The first-order valence-corrected chi connectivity index (χ1v) is 17.4. The van der Waals surface area contributed by atoms with Crippen LogP contribution in [-0.2, 0) is 21.1 Å². The topological polar surface area (TPSA) is 167 Å².